The highest BCUT2D eigenvalue weighted by Gasteiger charge is 2.17. The van der Waals surface area contributed by atoms with E-state index in [0.29, 0.717) is 18.7 Å². The molecule has 6 heteroatoms. The van der Waals surface area contributed by atoms with Crippen LogP contribution >= 0.6 is 0 Å². The lowest BCUT2D eigenvalue weighted by molar-refractivity contribution is -0.122. The Labute approximate surface area is 182 Å². The highest BCUT2D eigenvalue weighted by molar-refractivity contribution is 5.78. The van der Waals surface area contributed by atoms with E-state index >= 15 is 0 Å². The van der Waals surface area contributed by atoms with Crippen LogP contribution < -0.4 is 5.32 Å². The number of benzene rings is 2. The second-order valence-corrected chi connectivity index (χ2v) is 8.02. The summed E-state index contributed by atoms with van der Waals surface area (Å²) in [6.45, 7) is 6.23. The lowest BCUT2D eigenvalue weighted by Crippen LogP contribution is -2.39. The summed E-state index contributed by atoms with van der Waals surface area (Å²) in [6.07, 6.45) is 6.99. The van der Waals surface area contributed by atoms with Crippen molar-refractivity contribution < 1.29 is 9.18 Å². The SMILES string of the molecule is Cc1ccc(-n2cc(C3=CCN(CC(=O)NCc4ccccc4F)CC3)cn2)cc1C. The number of halogens is 1. The second-order valence-electron chi connectivity index (χ2n) is 8.02. The zero-order chi connectivity index (χ0) is 21.8. The van der Waals surface area contributed by atoms with E-state index in [1.165, 1.54) is 22.8 Å². The van der Waals surface area contributed by atoms with E-state index in [-0.39, 0.29) is 18.3 Å². The first kappa shape index (κ1) is 21.0. The van der Waals surface area contributed by atoms with Gasteiger partial charge in [0.25, 0.3) is 0 Å². The summed E-state index contributed by atoms with van der Waals surface area (Å²) in [5.74, 6) is -0.391. The molecule has 4 rings (SSSR count). The molecule has 0 atom stereocenters. The van der Waals surface area contributed by atoms with Gasteiger partial charge < -0.3 is 5.32 Å². The molecule has 0 fully saturated rings. The summed E-state index contributed by atoms with van der Waals surface area (Å²) in [7, 11) is 0. The molecule has 3 aromatic rings. The van der Waals surface area contributed by atoms with Crippen LogP contribution in [0, 0.1) is 19.7 Å². The van der Waals surface area contributed by atoms with Gasteiger partial charge in [0.2, 0.25) is 5.91 Å². The van der Waals surface area contributed by atoms with Crippen molar-refractivity contribution in [2.24, 2.45) is 0 Å². The van der Waals surface area contributed by atoms with E-state index in [2.05, 4.69) is 59.6 Å². The number of amides is 1. The summed E-state index contributed by atoms with van der Waals surface area (Å²) in [4.78, 5) is 14.3. The van der Waals surface area contributed by atoms with Gasteiger partial charge in [-0.25, -0.2) is 9.07 Å². The largest absolute Gasteiger partial charge is 0.351 e. The zero-order valence-corrected chi connectivity index (χ0v) is 17.9. The summed E-state index contributed by atoms with van der Waals surface area (Å²) in [5.41, 5.74) is 6.43. The molecule has 0 saturated carbocycles. The van der Waals surface area contributed by atoms with Crippen LogP contribution in [0.25, 0.3) is 11.3 Å². The molecule has 2 aromatic carbocycles. The second kappa shape index (κ2) is 9.27. The molecule has 1 aliphatic rings. The van der Waals surface area contributed by atoms with Crippen LogP contribution in [0.15, 0.2) is 60.9 Å². The Balaban J connectivity index is 1.32. The van der Waals surface area contributed by atoms with Gasteiger partial charge in [-0.15, -0.1) is 0 Å². The molecule has 160 valence electrons. The quantitative estimate of drug-likeness (QED) is 0.658. The van der Waals surface area contributed by atoms with Crippen molar-refractivity contribution in [3.63, 3.8) is 0 Å². The van der Waals surface area contributed by atoms with Crippen LogP contribution in [0.5, 0.6) is 0 Å². The first-order valence-corrected chi connectivity index (χ1v) is 10.5. The van der Waals surface area contributed by atoms with E-state index in [1.54, 1.807) is 18.2 Å². The van der Waals surface area contributed by atoms with Gasteiger partial charge >= 0.3 is 0 Å². The lowest BCUT2D eigenvalue weighted by atomic mass is 10.0. The number of aryl methyl sites for hydroxylation is 2. The molecule has 0 radical (unpaired) electrons. The third-order valence-electron chi connectivity index (χ3n) is 5.80. The van der Waals surface area contributed by atoms with E-state index < -0.39 is 0 Å². The molecule has 0 unspecified atom stereocenters. The smallest absolute Gasteiger partial charge is 0.234 e. The van der Waals surface area contributed by atoms with E-state index in [0.717, 1.165) is 24.2 Å². The van der Waals surface area contributed by atoms with Gasteiger partial charge in [0, 0.05) is 37.0 Å². The van der Waals surface area contributed by atoms with Crippen LogP contribution in [0.3, 0.4) is 0 Å². The van der Waals surface area contributed by atoms with Gasteiger partial charge in [-0.3, -0.25) is 9.69 Å². The van der Waals surface area contributed by atoms with Crippen LogP contribution in [0.2, 0.25) is 0 Å². The number of rotatable bonds is 6. The molecule has 1 amide bonds. The first-order valence-electron chi connectivity index (χ1n) is 10.5. The fraction of sp³-hybridized carbons (Fsp3) is 0.280. The average Bonchev–Trinajstić information content (AvgIpc) is 3.26. The van der Waals surface area contributed by atoms with Crippen molar-refractivity contribution in [1.82, 2.24) is 20.0 Å². The maximum Gasteiger partial charge on any atom is 0.234 e. The molecule has 0 bridgehead atoms. The van der Waals surface area contributed by atoms with Crippen molar-refractivity contribution in [2.45, 2.75) is 26.8 Å². The Morgan fingerprint density at radius 2 is 2.00 bits per heavy atom. The highest BCUT2D eigenvalue weighted by Crippen LogP contribution is 2.23. The summed E-state index contributed by atoms with van der Waals surface area (Å²) in [6, 6.07) is 12.8. The van der Waals surface area contributed by atoms with Gasteiger partial charge in [-0.2, -0.15) is 5.10 Å². The summed E-state index contributed by atoms with van der Waals surface area (Å²) < 4.78 is 15.6. The Morgan fingerprint density at radius 3 is 2.74 bits per heavy atom. The Hall–Kier alpha value is -3.25. The van der Waals surface area contributed by atoms with E-state index in [1.807, 2.05) is 10.9 Å². The monoisotopic (exact) mass is 418 g/mol. The fourth-order valence-electron chi connectivity index (χ4n) is 3.71. The number of hydrogen-bond acceptors (Lipinski definition) is 3. The maximum absolute atomic E-state index is 13.7. The first-order chi connectivity index (χ1) is 15.0. The molecule has 0 aliphatic carbocycles. The molecule has 5 nitrogen and oxygen atoms in total. The minimum atomic E-state index is -0.297. The summed E-state index contributed by atoms with van der Waals surface area (Å²) >= 11 is 0. The third-order valence-corrected chi connectivity index (χ3v) is 5.80. The minimum Gasteiger partial charge on any atom is -0.351 e. The van der Waals surface area contributed by atoms with Crippen molar-refractivity contribution >= 4 is 11.5 Å². The average molecular weight is 419 g/mol. The Kier molecular flexibility index (Phi) is 6.28. The Morgan fingerprint density at radius 1 is 1.16 bits per heavy atom. The van der Waals surface area contributed by atoms with Gasteiger partial charge in [-0.05, 0) is 55.2 Å². The van der Waals surface area contributed by atoms with Crippen molar-refractivity contribution in [1.29, 1.82) is 0 Å². The van der Waals surface area contributed by atoms with Gasteiger partial charge in [0.1, 0.15) is 5.82 Å². The van der Waals surface area contributed by atoms with Crippen LogP contribution in [-0.4, -0.2) is 40.2 Å². The minimum absolute atomic E-state index is 0.0948. The number of carbonyl (C=O) groups excluding carboxylic acids is 1. The summed E-state index contributed by atoms with van der Waals surface area (Å²) in [5, 5.41) is 7.33. The fourth-order valence-corrected chi connectivity index (χ4v) is 3.71. The van der Waals surface area contributed by atoms with Gasteiger partial charge in [0.15, 0.2) is 0 Å². The van der Waals surface area contributed by atoms with Crippen LogP contribution in [-0.2, 0) is 11.3 Å². The molecular weight excluding hydrogens is 391 g/mol. The predicted octanol–water partition coefficient (Wildman–Crippen LogP) is 4.03. The van der Waals surface area contributed by atoms with Crippen LogP contribution in [0.4, 0.5) is 4.39 Å². The van der Waals surface area contributed by atoms with Gasteiger partial charge in [0.05, 0.1) is 18.4 Å². The van der Waals surface area contributed by atoms with E-state index in [4.69, 9.17) is 0 Å². The molecule has 0 saturated heterocycles. The number of nitrogens with one attached hydrogen (secondary N) is 1. The number of carbonyl (C=O) groups is 1. The standard InChI is InChI=1S/C25H27FN4O/c1-18-7-8-23(13-19(18)2)30-16-22(15-28-30)20-9-11-29(12-10-20)17-25(31)27-14-21-5-3-4-6-24(21)26/h3-9,13,15-16H,10-12,14,17H2,1-2H3,(H,27,31). The van der Waals surface area contributed by atoms with Gasteiger partial charge in [-0.1, -0.05) is 30.3 Å². The topological polar surface area (TPSA) is 50.2 Å². The van der Waals surface area contributed by atoms with Crippen molar-refractivity contribution in [3.05, 3.63) is 89.0 Å². The normalized spacial score (nSPS) is 14.4. The molecule has 1 aliphatic heterocycles. The maximum atomic E-state index is 13.7. The van der Waals surface area contributed by atoms with Crippen LogP contribution in [0.1, 0.15) is 28.7 Å². The molecule has 31 heavy (non-hydrogen) atoms. The lowest BCUT2D eigenvalue weighted by Gasteiger charge is -2.25. The van der Waals surface area contributed by atoms with Crippen molar-refractivity contribution in [2.75, 3.05) is 19.6 Å². The number of nitrogens with zero attached hydrogens (tertiary/aromatic N) is 3. The number of hydrogen-bond donors (Lipinski definition) is 1. The number of aromatic nitrogens is 2. The van der Waals surface area contributed by atoms with Crippen molar-refractivity contribution in [3.8, 4) is 5.69 Å². The highest BCUT2D eigenvalue weighted by atomic mass is 19.1. The third kappa shape index (κ3) is 5.09. The zero-order valence-electron chi connectivity index (χ0n) is 17.9. The molecular formula is C25H27FN4O. The molecule has 1 N–H and O–H groups in total. The molecule has 2 heterocycles. The van der Waals surface area contributed by atoms with E-state index in [9.17, 15) is 9.18 Å². The predicted molar refractivity (Wildman–Crippen MR) is 120 cm³/mol. The molecule has 1 aromatic heterocycles. The Bertz CT molecular complexity index is 1120. The molecule has 0 spiro atoms.